The first-order valence-electron chi connectivity index (χ1n) is 10.6. The van der Waals surface area contributed by atoms with Crippen molar-refractivity contribution in [1.82, 2.24) is 9.97 Å². The Labute approximate surface area is 206 Å². The molecule has 5 rings (SSSR count). The number of halogens is 2. The first-order valence-corrected chi connectivity index (χ1v) is 11.4. The van der Waals surface area contributed by atoms with E-state index >= 15 is 0 Å². The third-order valence-electron chi connectivity index (χ3n) is 5.33. The first-order chi connectivity index (χ1) is 16.5. The van der Waals surface area contributed by atoms with Crippen LogP contribution < -0.4 is 21.3 Å². The molecule has 1 aliphatic rings. The van der Waals surface area contributed by atoms with E-state index in [4.69, 9.17) is 23.2 Å². The third kappa shape index (κ3) is 5.22. The molecular weight excluding hydrogens is 471 g/mol. The minimum atomic E-state index is -0.336. The molecule has 34 heavy (non-hydrogen) atoms. The molecule has 0 spiro atoms. The van der Waals surface area contributed by atoms with Crippen LogP contribution in [0.25, 0.3) is 0 Å². The smallest absolute Gasteiger partial charge is 0.323 e. The van der Waals surface area contributed by atoms with Crippen molar-refractivity contribution in [2.45, 2.75) is 12.8 Å². The molecular formula is C25H20Cl2N6O. The van der Waals surface area contributed by atoms with E-state index < -0.39 is 0 Å². The Bertz CT molecular complexity index is 1360. The predicted molar refractivity (Wildman–Crippen MR) is 138 cm³/mol. The van der Waals surface area contributed by atoms with E-state index in [2.05, 4.69) is 43.4 Å². The second kappa shape index (κ2) is 9.59. The average Bonchev–Trinajstić information content (AvgIpc) is 2.83. The number of carbonyl (C=O) groups excluding carboxylic acids is 1. The minimum absolute atomic E-state index is 0.336. The number of aryl methyl sites for hydroxylation is 2. The van der Waals surface area contributed by atoms with Crippen molar-refractivity contribution >= 4 is 63.7 Å². The highest BCUT2D eigenvalue weighted by molar-refractivity contribution is 6.33. The van der Waals surface area contributed by atoms with Crippen LogP contribution in [0.1, 0.15) is 11.1 Å². The lowest BCUT2D eigenvalue weighted by molar-refractivity contribution is 0.262. The van der Waals surface area contributed by atoms with Gasteiger partial charge in [0, 0.05) is 27.8 Å². The van der Waals surface area contributed by atoms with Gasteiger partial charge in [0.15, 0.2) is 5.82 Å². The lowest BCUT2D eigenvalue weighted by atomic mass is 10.0. The lowest BCUT2D eigenvalue weighted by Gasteiger charge is -2.15. The van der Waals surface area contributed by atoms with Gasteiger partial charge in [-0.2, -0.15) is 4.98 Å². The lowest BCUT2D eigenvalue weighted by Crippen LogP contribution is -2.20. The van der Waals surface area contributed by atoms with Crippen LogP contribution in [0.3, 0.4) is 0 Å². The van der Waals surface area contributed by atoms with E-state index in [1.165, 1.54) is 0 Å². The van der Waals surface area contributed by atoms with E-state index in [0.29, 0.717) is 33.9 Å². The maximum absolute atomic E-state index is 12.7. The summed E-state index contributed by atoms with van der Waals surface area (Å²) in [6, 6.07) is 20.4. The number of anilines is 6. The number of hydrogen-bond acceptors (Lipinski definition) is 5. The topological polar surface area (TPSA) is 91.0 Å². The second-order valence-electron chi connectivity index (χ2n) is 7.80. The zero-order valence-corrected chi connectivity index (χ0v) is 19.4. The molecule has 6 bridgehead atoms. The van der Waals surface area contributed by atoms with Gasteiger partial charge in [-0.3, -0.25) is 0 Å². The molecule has 7 nitrogen and oxygen atoms in total. The van der Waals surface area contributed by atoms with Gasteiger partial charge in [0.1, 0.15) is 5.02 Å². The van der Waals surface area contributed by atoms with E-state index in [1.807, 2.05) is 30.3 Å². The Hall–Kier alpha value is -3.81. The number of urea groups is 1. The van der Waals surface area contributed by atoms with Crippen molar-refractivity contribution in [3.8, 4) is 0 Å². The van der Waals surface area contributed by atoms with Crippen LogP contribution in [0, 0.1) is 0 Å². The molecule has 4 aromatic rings. The van der Waals surface area contributed by atoms with E-state index in [9.17, 15) is 4.79 Å². The van der Waals surface area contributed by atoms with Crippen molar-refractivity contribution in [2.24, 2.45) is 0 Å². The van der Waals surface area contributed by atoms with Crippen LogP contribution in [0.5, 0.6) is 0 Å². The maximum atomic E-state index is 12.7. The second-order valence-corrected chi connectivity index (χ2v) is 8.64. The van der Waals surface area contributed by atoms with E-state index in [-0.39, 0.29) is 6.03 Å². The summed E-state index contributed by atoms with van der Waals surface area (Å²) in [5, 5.41) is 13.3. The van der Waals surface area contributed by atoms with Crippen LogP contribution in [0.2, 0.25) is 10.0 Å². The first kappa shape index (κ1) is 22.0. The number of hydrogen-bond donors (Lipinski definition) is 4. The summed E-state index contributed by atoms with van der Waals surface area (Å²) in [5.74, 6) is 0.933. The number of carbonyl (C=O) groups is 1. The Kier molecular flexibility index (Phi) is 6.20. The summed E-state index contributed by atoms with van der Waals surface area (Å²) in [5.41, 5.74) is 5.18. The zero-order chi connectivity index (χ0) is 23.5. The van der Waals surface area contributed by atoms with Gasteiger partial charge >= 0.3 is 6.03 Å². The Morgan fingerprint density at radius 3 is 2.56 bits per heavy atom. The average molecular weight is 491 g/mol. The molecule has 0 saturated heterocycles. The molecule has 2 amide bonds. The molecule has 3 aromatic carbocycles. The summed E-state index contributed by atoms with van der Waals surface area (Å²) in [7, 11) is 0. The molecule has 0 radical (unpaired) electrons. The van der Waals surface area contributed by atoms with Gasteiger partial charge in [-0.25, -0.2) is 9.78 Å². The van der Waals surface area contributed by atoms with Gasteiger partial charge in [0.05, 0.1) is 6.20 Å². The summed E-state index contributed by atoms with van der Waals surface area (Å²) in [4.78, 5) is 21.4. The van der Waals surface area contributed by atoms with Crippen LogP contribution in [-0.2, 0) is 12.8 Å². The number of nitrogens with one attached hydrogen (secondary N) is 4. The molecule has 0 atom stereocenters. The molecule has 0 fully saturated rings. The number of fused-ring (bicyclic) bond motifs is 6. The Morgan fingerprint density at radius 2 is 1.71 bits per heavy atom. The van der Waals surface area contributed by atoms with Crippen molar-refractivity contribution in [1.29, 1.82) is 0 Å². The number of aromatic nitrogens is 2. The fourth-order valence-electron chi connectivity index (χ4n) is 3.68. The molecule has 0 aliphatic carbocycles. The van der Waals surface area contributed by atoms with Gasteiger partial charge in [-0.05, 0) is 78.6 Å². The van der Waals surface area contributed by atoms with Crippen LogP contribution in [0.4, 0.5) is 39.3 Å². The van der Waals surface area contributed by atoms with Gasteiger partial charge < -0.3 is 21.3 Å². The Balaban J connectivity index is 1.45. The molecule has 0 saturated carbocycles. The van der Waals surface area contributed by atoms with Gasteiger partial charge in [-0.1, -0.05) is 35.3 Å². The Morgan fingerprint density at radius 1 is 0.882 bits per heavy atom. The maximum Gasteiger partial charge on any atom is 0.323 e. The number of benzene rings is 3. The highest BCUT2D eigenvalue weighted by atomic mass is 35.5. The zero-order valence-electron chi connectivity index (χ0n) is 17.9. The predicted octanol–water partition coefficient (Wildman–Crippen LogP) is 7.01. The third-order valence-corrected chi connectivity index (χ3v) is 5.86. The largest absolute Gasteiger partial charge is 0.339 e. The number of rotatable bonds is 2. The summed E-state index contributed by atoms with van der Waals surface area (Å²) >= 11 is 12.3. The van der Waals surface area contributed by atoms with Crippen molar-refractivity contribution < 1.29 is 4.79 Å². The minimum Gasteiger partial charge on any atom is -0.339 e. The summed E-state index contributed by atoms with van der Waals surface area (Å²) in [6.45, 7) is 0. The fourth-order valence-corrected chi connectivity index (χ4v) is 3.95. The number of amides is 2. The molecule has 170 valence electrons. The normalized spacial score (nSPS) is 12.2. The molecule has 9 heteroatoms. The molecule has 4 N–H and O–H groups in total. The van der Waals surface area contributed by atoms with E-state index in [0.717, 1.165) is 34.6 Å². The van der Waals surface area contributed by atoms with Gasteiger partial charge in [0.2, 0.25) is 5.95 Å². The quantitative estimate of drug-likeness (QED) is 0.242. The summed E-state index contributed by atoms with van der Waals surface area (Å²) in [6.07, 6.45) is 3.05. The van der Waals surface area contributed by atoms with Crippen molar-refractivity contribution in [2.75, 3.05) is 21.3 Å². The summed E-state index contributed by atoms with van der Waals surface area (Å²) < 4.78 is 0. The molecule has 0 unspecified atom stereocenters. The van der Waals surface area contributed by atoms with Crippen LogP contribution in [0.15, 0.2) is 72.9 Å². The van der Waals surface area contributed by atoms with Crippen LogP contribution in [-0.4, -0.2) is 16.0 Å². The van der Waals surface area contributed by atoms with Crippen molar-refractivity contribution in [3.63, 3.8) is 0 Å². The molecule has 1 aromatic heterocycles. The molecule has 2 heterocycles. The SMILES string of the molecule is O=C(Nc1ccc(Cl)cc1)Nc1ccc2cc1CCc1cccc(c1)Nc1ncc(Cl)c(n1)N2. The fraction of sp³-hybridized carbons (Fsp3) is 0.0800. The highest BCUT2D eigenvalue weighted by Crippen LogP contribution is 2.29. The van der Waals surface area contributed by atoms with Crippen molar-refractivity contribution in [3.05, 3.63) is 94.1 Å². The standard InChI is InChI=1S/C25H20Cl2N6O/c26-17-6-8-18(9-7-17)31-25(34)32-22-11-10-20-13-16(22)5-4-15-2-1-3-19(12-15)30-24-28-14-21(27)23(29-20)33-24/h1-3,6-14H,4-5H2,(H2,31,32,34)(H2,28,29,30,33). The van der Waals surface area contributed by atoms with Crippen LogP contribution >= 0.6 is 23.2 Å². The number of nitrogens with zero attached hydrogens (tertiary/aromatic N) is 2. The molecule has 1 aliphatic heterocycles. The van der Waals surface area contributed by atoms with Gasteiger partial charge in [-0.15, -0.1) is 0 Å². The monoisotopic (exact) mass is 490 g/mol. The highest BCUT2D eigenvalue weighted by Gasteiger charge is 2.13. The van der Waals surface area contributed by atoms with Gasteiger partial charge in [0.25, 0.3) is 0 Å². The van der Waals surface area contributed by atoms with E-state index in [1.54, 1.807) is 30.5 Å².